The monoisotopic (exact) mass is 293 g/mol. The summed E-state index contributed by atoms with van der Waals surface area (Å²) in [6, 6.07) is 5.57. The minimum absolute atomic E-state index is 0.00822. The summed E-state index contributed by atoms with van der Waals surface area (Å²) in [7, 11) is 3.61. The zero-order chi connectivity index (χ0) is 15.2. The summed E-state index contributed by atoms with van der Waals surface area (Å²) in [5, 5.41) is 14.1. The van der Waals surface area contributed by atoms with Gasteiger partial charge in [-0.2, -0.15) is 0 Å². The third kappa shape index (κ3) is 4.07. The van der Waals surface area contributed by atoms with Crippen LogP contribution in [0.4, 0.5) is 11.4 Å². The van der Waals surface area contributed by atoms with Crippen LogP contribution >= 0.6 is 0 Å². The molecule has 0 spiro atoms. The largest absolute Gasteiger partial charge is 0.490 e. The van der Waals surface area contributed by atoms with Crippen LogP contribution in [0.5, 0.6) is 5.75 Å². The molecule has 0 radical (unpaired) electrons. The molecule has 1 aliphatic carbocycles. The maximum Gasteiger partial charge on any atom is 0.311 e. The number of nitrogens with one attached hydrogen (secondary N) is 1. The van der Waals surface area contributed by atoms with Crippen LogP contribution < -0.4 is 10.1 Å². The lowest BCUT2D eigenvalue weighted by Crippen LogP contribution is -2.33. The number of hydrogen-bond donors (Lipinski definition) is 1. The Bertz CT molecular complexity index is 487. The van der Waals surface area contributed by atoms with Crippen molar-refractivity contribution in [2.45, 2.75) is 31.7 Å². The van der Waals surface area contributed by atoms with Gasteiger partial charge in [0.1, 0.15) is 0 Å². The normalized spacial score (nSPS) is 15.4. The molecule has 6 heteroatoms. The number of nitro benzene ring substituents is 1. The van der Waals surface area contributed by atoms with E-state index in [0.717, 1.165) is 18.8 Å². The van der Waals surface area contributed by atoms with E-state index in [1.807, 2.05) is 0 Å². The molecule has 1 fully saturated rings. The highest BCUT2D eigenvalue weighted by atomic mass is 16.6. The van der Waals surface area contributed by atoms with Crippen LogP contribution in [-0.4, -0.2) is 43.1 Å². The van der Waals surface area contributed by atoms with Crippen LogP contribution in [0.1, 0.15) is 25.7 Å². The van der Waals surface area contributed by atoms with E-state index in [9.17, 15) is 10.1 Å². The van der Waals surface area contributed by atoms with E-state index in [2.05, 4.69) is 17.3 Å². The molecule has 0 unspecified atom stereocenters. The number of hydrogen-bond acceptors (Lipinski definition) is 5. The number of methoxy groups -OCH3 is 1. The van der Waals surface area contributed by atoms with Crippen molar-refractivity contribution in [3.8, 4) is 5.75 Å². The van der Waals surface area contributed by atoms with Gasteiger partial charge in [0, 0.05) is 37.0 Å². The minimum Gasteiger partial charge on any atom is -0.490 e. The van der Waals surface area contributed by atoms with Crippen molar-refractivity contribution in [2.75, 3.05) is 32.6 Å². The smallest absolute Gasteiger partial charge is 0.311 e. The summed E-state index contributed by atoms with van der Waals surface area (Å²) in [5.74, 6) is 0.286. The van der Waals surface area contributed by atoms with E-state index >= 15 is 0 Å². The number of ether oxygens (including phenoxy) is 1. The van der Waals surface area contributed by atoms with Gasteiger partial charge in [-0.25, -0.2) is 0 Å². The first-order chi connectivity index (χ1) is 10.1. The summed E-state index contributed by atoms with van der Waals surface area (Å²) in [6.07, 6.45) is 5.26. The van der Waals surface area contributed by atoms with Gasteiger partial charge in [-0.1, -0.05) is 12.8 Å². The van der Waals surface area contributed by atoms with Gasteiger partial charge in [0.25, 0.3) is 0 Å². The van der Waals surface area contributed by atoms with E-state index in [1.165, 1.54) is 38.9 Å². The standard InChI is InChI=1S/C15H23N3O3/c1-17(13-5-3-4-6-13)10-9-16-12-7-8-14(18(19)20)15(11-12)21-2/h7-8,11,13,16H,3-6,9-10H2,1-2H3. The molecule has 1 aromatic rings. The predicted molar refractivity (Wildman–Crippen MR) is 83.0 cm³/mol. The molecule has 0 heterocycles. The molecule has 2 rings (SSSR count). The second-order valence-electron chi connectivity index (χ2n) is 5.49. The quantitative estimate of drug-likeness (QED) is 0.618. The Morgan fingerprint density at radius 2 is 2.14 bits per heavy atom. The van der Waals surface area contributed by atoms with E-state index in [1.54, 1.807) is 12.1 Å². The highest BCUT2D eigenvalue weighted by molar-refractivity contribution is 5.57. The van der Waals surface area contributed by atoms with Gasteiger partial charge in [-0.05, 0) is 26.0 Å². The van der Waals surface area contributed by atoms with Crippen LogP contribution in [0.3, 0.4) is 0 Å². The van der Waals surface area contributed by atoms with Crippen LogP contribution in [0.25, 0.3) is 0 Å². The van der Waals surface area contributed by atoms with Gasteiger partial charge in [-0.3, -0.25) is 10.1 Å². The Labute approximate surface area is 125 Å². The molecule has 0 saturated heterocycles. The predicted octanol–water partition coefficient (Wildman–Crippen LogP) is 2.89. The molecule has 1 aromatic carbocycles. The number of benzene rings is 1. The molecule has 0 atom stereocenters. The lowest BCUT2D eigenvalue weighted by molar-refractivity contribution is -0.385. The van der Waals surface area contributed by atoms with Gasteiger partial charge in [0.15, 0.2) is 5.75 Å². The second kappa shape index (κ2) is 7.26. The Balaban J connectivity index is 1.86. The molecular weight excluding hydrogens is 270 g/mol. The zero-order valence-electron chi connectivity index (χ0n) is 12.7. The maximum atomic E-state index is 10.8. The highest BCUT2D eigenvalue weighted by Gasteiger charge is 2.19. The average Bonchev–Trinajstić information content (AvgIpc) is 3.01. The number of likely N-dealkylation sites (N-methyl/N-ethyl adjacent to an activating group) is 1. The first kappa shape index (κ1) is 15.6. The first-order valence-corrected chi connectivity index (χ1v) is 7.38. The van der Waals surface area contributed by atoms with E-state index < -0.39 is 4.92 Å². The van der Waals surface area contributed by atoms with Crippen LogP contribution in [0.15, 0.2) is 18.2 Å². The maximum absolute atomic E-state index is 10.8. The van der Waals surface area contributed by atoms with E-state index in [0.29, 0.717) is 6.04 Å². The third-order valence-corrected chi connectivity index (χ3v) is 4.12. The van der Waals surface area contributed by atoms with Crippen LogP contribution in [0.2, 0.25) is 0 Å². The highest BCUT2D eigenvalue weighted by Crippen LogP contribution is 2.29. The summed E-state index contributed by atoms with van der Waals surface area (Å²) < 4.78 is 5.06. The van der Waals surface area contributed by atoms with Crippen molar-refractivity contribution in [3.63, 3.8) is 0 Å². The van der Waals surface area contributed by atoms with Gasteiger partial charge < -0.3 is 15.0 Å². The molecule has 116 valence electrons. The fourth-order valence-electron chi connectivity index (χ4n) is 2.84. The Morgan fingerprint density at radius 3 is 2.76 bits per heavy atom. The lowest BCUT2D eigenvalue weighted by Gasteiger charge is -2.24. The number of nitrogens with zero attached hydrogens (tertiary/aromatic N) is 2. The van der Waals surface area contributed by atoms with Gasteiger partial charge >= 0.3 is 5.69 Å². The van der Waals surface area contributed by atoms with Crippen molar-refractivity contribution in [1.29, 1.82) is 0 Å². The Morgan fingerprint density at radius 1 is 1.43 bits per heavy atom. The summed E-state index contributed by atoms with van der Waals surface area (Å²) in [6.45, 7) is 1.78. The SMILES string of the molecule is COc1cc(NCCN(C)C2CCCC2)ccc1[N+](=O)[O-]. The van der Waals surface area contributed by atoms with Gasteiger partial charge in [0.05, 0.1) is 12.0 Å². The second-order valence-corrected chi connectivity index (χ2v) is 5.49. The minimum atomic E-state index is -0.434. The topological polar surface area (TPSA) is 67.6 Å². The first-order valence-electron chi connectivity index (χ1n) is 7.38. The van der Waals surface area contributed by atoms with Crippen LogP contribution in [-0.2, 0) is 0 Å². The van der Waals surface area contributed by atoms with Crippen molar-refractivity contribution in [2.24, 2.45) is 0 Å². The fraction of sp³-hybridized carbons (Fsp3) is 0.600. The van der Waals surface area contributed by atoms with Crippen molar-refractivity contribution in [3.05, 3.63) is 28.3 Å². The Kier molecular flexibility index (Phi) is 5.38. The molecule has 0 aromatic heterocycles. The summed E-state index contributed by atoms with van der Waals surface area (Å²) in [4.78, 5) is 12.8. The van der Waals surface area contributed by atoms with E-state index in [4.69, 9.17) is 4.74 Å². The Hall–Kier alpha value is -1.82. The summed E-state index contributed by atoms with van der Waals surface area (Å²) >= 11 is 0. The molecule has 1 saturated carbocycles. The van der Waals surface area contributed by atoms with Gasteiger partial charge in [0.2, 0.25) is 0 Å². The lowest BCUT2D eigenvalue weighted by atomic mass is 10.2. The zero-order valence-corrected chi connectivity index (χ0v) is 12.7. The number of nitro groups is 1. The summed E-state index contributed by atoms with van der Waals surface area (Å²) in [5.41, 5.74) is 0.836. The molecule has 0 amide bonds. The van der Waals surface area contributed by atoms with Gasteiger partial charge in [-0.15, -0.1) is 0 Å². The van der Waals surface area contributed by atoms with Crippen LogP contribution in [0, 0.1) is 10.1 Å². The van der Waals surface area contributed by atoms with E-state index in [-0.39, 0.29) is 11.4 Å². The number of anilines is 1. The molecule has 21 heavy (non-hydrogen) atoms. The molecule has 1 aliphatic rings. The van der Waals surface area contributed by atoms with Crippen molar-refractivity contribution >= 4 is 11.4 Å². The molecule has 1 N–H and O–H groups in total. The molecule has 0 bridgehead atoms. The number of rotatable bonds is 7. The molecule has 6 nitrogen and oxygen atoms in total. The fourth-order valence-corrected chi connectivity index (χ4v) is 2.84. The molecular formula is C15H23N3O3. The third-order valence-electron chi connectivity index (χ3n) is 4.12. The molecule has 0 aliphatic heterocycles. The van der Waals surface area contributed by atoms with Crippen molar-refractivity contribution < 1.29 is 9.66 Å². The van der Waals surface area contributed by atoms with Crippen molar-refractivity contribution in [1.82, 2.24) is 4.90 Å². The average molecular weight is 293 g/mol.